The highest BCUT2D eigenvalue weighted by Crippen LogP contribution is 2.68. The highest BCUT2D eigenvalue weighted by atomic mass is 35.5. The predicted molar refractivity (Wildman–Crippen MR) is 77.8 cm³/mol. The van der Waals surface area contributed by atoms with E-state index in [1.54, 1.807) is 0 Å². The molecule has 0 unspecified atom stereocenters. The molecule has 0 aromatic carbocycles. The van der Waals surface area contributed by atoms with Crippen LogP contribution >= 0.6 is 11.6 Å². The Labute approximate surface area is 117 Å². The summed E-state index contributed by atoms with van der Waals surface area (Å²) in [6.07, 6.45) is 2.05. The molecule has 1 fully saturated rings. The fourth-order valence-electron chi connectivity index (χ4n) is 2.91. The van der Waals surface area contributed by atoms with Gasteiger partial charge < -0.3 is 5.32 Å². The topological polar surface area (TPSA) is 29.1 Å². The smallest absolute Gasteiger partial charge is 0.224 e. The third-order valence-electron chi connectivity index (χ3n) is 5.01. The summed E-state index contributed by atoms with van der Waals surface area (Å²) in [6, 6.07) is 0. The second-order valence-corrected chi connectivity index (χ2v) is 7.93. The summed E-state index contributed by atoms with van der Waals surface area (Å²) >= 11 is 5.72. The molecule has 0 radical (unpaired) electrons. The van der Waals surface area contributed by atoms with E-state index in [-0.39, 0.29) is 28.1 Å². The minimum atomic E-state index is 0.122. The number of carbonyl (C=O) groups excluding carboxylic acids is 1. The molecule has 0 spiro atoms. The quantitative estimate of drug-likeness (QED) is 0.732. The summed E-state index contributed by atoms with van der Waals surface area (Å²) in [5.74, 6) is 1.05. The standard InChI is InChI=1S/C15H28ClNO/c1-13(2,8-7-9-16)10-17-12(18)11-14(3,4)15(11,5)6/h11H,7-10H2,1-6H3,(H,17,18). The van der Waals surface area contributed by atoms with Crippen molar-refractivity contribution in [1.82, 2.24) is 5.32 Å². The summed E-state index contributed by atoms with van der Waals surface area (Å²) in [5.41, 5.74) is 0.377. The average Bonchev–Trinajstić information content (AvgIpc) is 2.64. The van der Waals surface area contributed by atoms with Gasteiger partial charge in [-0.3, -0.25) is 4.79 Å². The first-order valence-corrected chi connectivity index (χ1v) is 7.43. The van der Waals surface area contributed by atoms with E-state index >= 15 is 0 Å². The van der Waals surface area contributed by atoms with E-state index in [9.17, 15) is 4.79 Å². The molecule has 0 aromatic heterocycles. The molecule has 1 amide bonds. The Kier molecular flexibility index (Phi) is 4.42. The Hall–Kier alpha value is -0.240. The van der Waals surface area contributed by atoms with Gasteiger partial charge in [-0.15, -0.1) is 11.6 Å². The van der Waals surface area contributed by atoms with Gasteiger partial charge in [0.2, 0.25) is 5.91 Å². The van der Waals surface area contributed by atoms with Gasteiger partial charge >= 0.3 is 0 Å². The summed E-state index contributed by atoms with van der Waals surface area (Å²) < 4.78 is 0. The number of rotatable bonds is 6. The molecule has 0 aromatic rings. The Morgan fingerprint density at radius 2 is 1.72 bits per heavy atom. The van der Waals surface area contributed by atoms with E-state index in [4.69, 9.17) is 11.6 Å². The zero-order valence-electron chi connectivity index (χ0n) is 12.7. The lowest BCUT2D eigenvalue weighted by atomic mass is 9.88. The van der Waals surface area contributed by atoms with Gasteiger partial charge in [-0.1, -0.05) is 41.5 Å². The van der Waals surface area contributed by atoms with Gasteiger partial charge in [0.05, 0.1) is 0 Å². The van der Waals surface area contributed by atoms with Gasteiger partial charge in [-0.2, -0.15) is 0 Å². The van der Waals surface area contributed by atoms with Crippen LogP contribution in [0.2, 0.25) is 0 Å². The van der Waals surface area contributed by atoms with E-state index in [1.165, 1.54) is 0 Å². The second kappa shape index (κ2) is 5.03. The largest absolute Gasteiger partial charge is 0.355 e. The van der Waals surface area contributed by atoms with Crippen molar-refractivity contribution < 1.29 is 4.79 Å². The Morgan fingerprint density at radius 1 is 1.22 bits per heavy atom. The Balaban J connectivity index is 2.44. The van der Waals surface area contributed by atoms with Crippen molar-refractivity contribution in [3.8, 4) is 0 Å². The zero-order valence-corrected chi connectivity index (χ0v) is 13.4. The van der Waals surface area contributed by atoms with Crippen LogP contribution in [-0.2, 0) is 4.79 Å². The molecule has 0 heterocycles. The SMILES string of the molecule is CC(C)(CCCCl)CNC(=O)C1C(C)(C)C1(C)C. The van der Waals surface area contributed by atoms with E-state index < -0.39 is 0 Å². The number of amides is 1. The van der Waals surface area contributed by atoms with E-state index in [2.05, 4.69) is 46.9 Å². The van der Waals surface area contributed by atoms with Gasteiger partial charge in [0, 0.05) is 18.3 Å². The van der Waals surface area contributed by atoms with Gasteiger partial charge in [0.1, 0.15) is 0 Å². The van der Waals surface area contributed by atoms with E-state index in [1.807, 2.05) is 0 Å². The molecule has 1 N–H and O–H groups in total. The van der Waals surface area contributed by atoms with Gasteiger partial charge in [0.25, 0.3) is 0 Å². The van der Waals surface area contributed by atoms with Crippen molar-refractivity contribution >= 4 is 17.5 Å². The molecular weight excluding hydrogens is 246 g/mol. The fourth-order valence-corrected chi connectivity index (χ4v) is 3.05. The van der Waals surface area contributed by atoms with Crippen molar-refractivity contribution in [3.63, 3.8) is 0 Å². The van der Waals surface area contributed by atoms with Crippen molar-refractivity contribution in [2.75, 3.05) is 12.4 Å². The first-order chi connectivity index (χ1) is 8.06. The first-order valence-electron chi connectivity index (χ1n) is 6.90. The lowest BCUT2D eigenvalue weighted by Crippen LogP contribution is -2.36. The molecule has 1 aliphatic rings. The maximum absolute atomic E-state index is 12.2. The molecule has 18 heavy (non-hydrogen) atoms. The van der Waals surface area contributed by atoms with Crippen LogP contribution in [0.15, 0.2) is 0 Å². The van der Waals surface area contributed by atoms with Crippen molar-refractivity contribution in [2.24, 2.45) is 22.2 Å². The number of hydrogen-bond acceptors (Lipinski definition) is 1. The maximum atomic E-state index is 12.2. The number of hydrogen-bond donors (Lipinski definition) is 1. The van der Waals surface area contributed by atoms with Crippen LogP contribution in [0.5, 0.6) is 0 Å². The van der Waals surface area contributed by atoms with Crippen LogP contribution in [0.4, 0.5) is 0 Å². The molecule has 0 aliphatic heterocycles. The third-order valence-corrected chi connectivity index (χ3v) is 5.28. The maximum Gasteiger partial charge on any atom is 0.224 e. The van der Waals surface area contributed by atoms with Crippen molar-refractivity contribution in [2.45, 2.75) is 54.4 Å². The highest BCUT2D eigenvalue weighted by molar-refractivity contribution is 6.17. The molecule has 3 heteroatoms. The first kappa shape index (κ1) is 15.8. The molecule has 106 valence electrons. The Bertz CT molecular complexity index is 306. The van der Waals surface area contributed by atoms with Crippen LogP contribution in [0.3, 0.4) is 0 Å². The van der Waals surface area contributed by atoms with E-state index in [0.717, 1.165) is 19.4 Å². The molecule has 1 saturated carbocycles. The average molecular weight is 274 g/mol. The fraction of sp³-hybridized carbons (Fsp3) is 0.933. The lowest BCUT2D eigenvalue weighted by Gasteiger charge is -2.24. The third kappa shape index (κ3) is 3.01. The monoisotopic (exact) mass is 273 g/mol. The number of carbonyl (C=O) groups is 1. The van der Waals surface area contributed by atoms with Crippen LogP contribution in [0, 0.1) is 22.2 Å². The molecule has 0 bridgehead atoms. The molecule has 1 aliphatic carbocycles. The summed E-state index contributed by atoms with van der Waals surface area (Å²) in [7, 11) is 0. The predicted octanol–water partition coefficient (Wildman–Crippen LogP) is 3.83. The summed E-state index contributed by atoms with van der Waals surface area (Å²) in [4.78, 5) is 12.2. The van der Waals surface area contributed by atoms with Gasteiger partial charge in [-0.25, -0.2) is 0 Å². The molecule has 2 nitrogen and oxygen atoms in total. The number of halogens is 1. The molecule has 0 atom stereocenters. The minimum absolute atomic E-state index is 0.122. The number of nitrogens with one attached hydrogen (secondary N) is 1. The van der Waals surface area contributed by atoms with Crippen LogP contribution in [-0.4, -0.2) is 18.3 Å². The zero-order chi connectivity index (χ0) is 14.2. The molecular formula is C15H28ClNO. The molecule has 0 saturated heterocycles. The summed E-state index contributed by atoms with van der Waals surface area (Å²) in [5, 5.41) is 3.12. The Morgan fingerprint density at radius 3 is 2.11 bits per heavy atom. The minimum Gasteiger partial charge on any atom is -0.355 e. The van der Waals surface area contributed by atoms with Crippen LogP contribution < -0.4 is 5.32 Å². The van der Waals surface area contributed by atoms with Gasteiger partial charge in [0.15, 0.2) is 0 Å². The van der Waals surface area contributed by atoms with Gasteiger partial charge in [-0.05, 0) is 29.1 Å². The van der Waals surface area contributed by atoms with Crippen LogP contribution in [0.1, 0.15) is 54.4 Å². The van der Waals surface area contributed by atoms with E-state index in [0.29, 0.717) is 5.88 Å². The summed E-state index contributed by atoms with van der Waals surface area (Å²) in [6.45, 7) is 13.8. The van der Waals surface area contributed by atoms with Crippen molar-refractivity contribution in [1.29, 1.82) is 0 Å². The normalized spacial score (nSPS) is 21.7. The van der Waals surface area contributed by atoms with Crippen LogP contribution in [0.25, 0.3) is 0 Å². The highest BCUT2D eigenvalue weighted by Gasteiger charge is 2.68. The van der Waals surface area contributed by atoms with Crippen molar-refractivity contribution in [3.05, 3.63) is 0 Å². The second-order valence-electron chi connectivity index (χ2n) is 7.55. The lowest BCUT2D eigenvalue weighted by molar-refractivity contribution is -0.123. The molecule has 1 rings (SSSR count). The number of alkyl halides is 1.